The largest absolute Gasteiger partial charge is 0.352 e. The fourth-order valence-electron chi connectivity index (χ4n) is 3.34. The smallest absolute Gasteiger partial charge is 0.261 e. The van der Waals surface area contributed by atoms with E-state index in [1.54, 1.807) is 10.7 Å². The van der Waals surface area contributed by atoms with Gasteiger partial charge >= 0.3 is 0 Å². The first-order valence-electron chi connectivity index (χ1n) is 11.2. The van der Waals surface area contributed by atoms with Gasteiger partial charge < -0.3 is 16.0 Å². The molecule has 0 spiro atoms. The number of hydrogen-bond donors (Lipinski definition) is 4. The normalized spacial score (nSPS) is 13.1. The van der Waals surface area contributed by atoms with Gasteiger partial charge in [-0.15, -0.1) is 0 Å². The van der Waals surface area contributed by atoms with Gasteiger partial charge in [0, 0.05) is 30.0 Å². The quantitative estimate of drug-likeness (QED) is 0.359. The molecule has 2 heterocycles. The Labute approximate surface area is 204 Å². The number of benzene rings is 1. The molecule has 188 valence electrons. The number of aryl methyl sites for hydroxylation is 2. The molecule has 35 heavy (non-hydrogen) atoms. The Morgan fingerprint density at radius 1 is 1.20 bits per heavy atom. The Bertz CT molecular complexity index is 1340. The molecule has 2 amide bonds. The van der Waals surface area contributed by atoms with Gasteiger partial charge in [-0.2, -0.15) is 13.5 Å². The van der Waals surface area contributed by atoms with Gasteiger partial charge in [-0.05, 0) is 56.4 Å². The van der Waals surface area contributed by atoms with Gasteiger partial charge in [-0.1, -0.05) is 13.0 Å². The number of nitrogens with zero attached hydrogens (tertiary/aromatic N) is 3. The van der Waals surface area contributed by atoms with Crippen LogP contribution in [0.1, 0.15) is 58.0 Å². The van der Waals surface area contributed by atoms with Gasteiger partial charge in [0.15, 0.2) is 5.82 Å². The Kier molecular flexibility index (Phi) is 8.07. The fourth-order valence-corrected chi connectivity index (χ4v) is 3.34. The molecular formula is C23H30N6O5S. The highest BCUT2D eigenvalue weighted by atomic mass is 32.2. The fraction of sp³-hybridized carbons (Fsp3) is 0.391. The SMILES string of the molecule is CCCNC(=O)c1cn2ncnc(Nc3cc(C(=O)NC4CC4)ccc3C)c2c1C.CS(=O)(=O)O. The van der Waals surface area contributed by atoms with Crippen molar-refractivity contribution in [2.75, 3.05) is 18.1 Å². The van der Waals surface area contributed by atoms with E-state index >= 15 is 0 Å². The van der Waals surface area contributed by atoms with Crippen LogP contribution in [0.15, 0.2) is 30.7 Å². The predicted octanol–water partition coefficient (Wildman–Crippen LogP) is 2.63. The highest BCUT2D eigenvalue weighted by Crippen LogP contribution is 2.28. The van der Waals surface area contributed by atoms with Crippen LogP contribution in [0.2, 0.25) is 0 Å². The number of amides is 2. The maximum atomic E-state index is 12.5. The van der Waals surface area contributed by atoms with E-state index in [0.29, 0.717) is 35.8 Å². The number of carbonyl (C=O) groups excluding carboxylic acids is 2. The van der Waals surface area contributed by atoms with Crippen LogP contribution in [0, 0.1) is 13.8 Å². The third kappa shape index (κ3) is 7.23. The van der Waals surface area contributed by atoms with Crippen LogP contribution >= 0.6 is 0 Å². The average Bonchev–Trinajstić information content (AvgIpc) is 3.53. The minimum atomic E-state index is -3.67. The number of fused-ring (bicyclic) bond motifs is 1. The average molecular weight is 503 g/mol. The van der Waals surface area contributed by atoms with Crippen molar-refractivity contribution in [3.05, 3.63) is 53.0 Å². The number of carbonyl (C=O) groups is 2. The second kappa shape index (κ2) is 10.8. The van der Waals surface area contributed by atoms with Crippen molar-refractivity contribution >= 4 is 39.0 Å². The van der Waals surface area contributed by atoms with E-state index in [0.717, 1.165) is 41.6 Å². The zero-order valence-corrected chi connectivity index (χ0v) is 20.9. The van der Waals surface area contributed by atoms with Crippen LogP contribution in [-0.4, -0.2) is 58.2 Å². The maximum Gasteiger partial charge on any atom is 0.261 e. The van der Waals surface area contributed by atoms with Crippen LogP contribution in [-0.2, 0) is 10.1 Å². The summed E-state index contributed by atoms with van der Waals surface area (Å²) in [5.74, 6) is 0.391. The zero-order chi connectivity index (χ0) is 25.8. The van der Waals surface area contributed by atoms with E-state index in [1.165, 1.54) is 6.33 Å². The molecule has 2 aromatic heterocycles. The third-order valence-electron chi connectivity index (χ3n) is 5.27. The summed E-state index contributed by atoms with van der Waals surface area (Å²) in [5.41, 5.74) is 4.47. The van der Waals surface area contributed by atoms with Crippen LogP contribution in [0.3, 0.4) is 0 Å². The highest BCUT2D eigenvalue weighted by Gasteiger charge is 2.24. The lowest BCUT2D eigenvalue weighted by atomic mass is 10.1. The molecule has 0 bridgehead atoms. The van der Waals surface area contributed by atoms with E-state index < -0.39 is 10.1 Å². The van der Waals surface area contributed by atoms with Crippen molar-refractivity contribution < 1.29 is 22.6 Å². The van der Waals surface area contributed by atoms with Crippen molar-refractivity contribution in [2.45, 2.75) is 46.1 Å². The number of rotatable bonds is 7. The highest BCUT2D eigenvalue weighted by molar-refractivity contribution is 7.85. The Hall–Kier alpha value is -3.51. The standard InChI is InChI=1S/C22H26N6O2.CH4O3S/c1-4-9-23-22(30)17-11-28-19(14(17)3)20(24-12-25-28)27-18-10-15(6-5-13(18)2)21(29)26-16-7-8-16;1-5(2,3)4/h5-6,10-12,16H,4,7-9H2,1-3H3,(H,23,30)(H,26,29)(H,24,25,27);1H3,(H,2,3,4). The number of aromatic nitrogens is 3. The minimum absolute atomic E-state index is 0.0675. The van der Waals surface area contributed by atoms with E-state index in [-0.39, 0.29) is 11.8 Å². The number of anilines is 2. The van der Waals surface area contributed by atoms with Gasteiger partial charge in [-0.3, -0.25) is 14.1 Å². The van der Waals surface area contributed by atoms with Gasteiger partial charge in [0.1, 0.15) is 11.8 Å². The molecule has 1 fully saturated rings. The molecule has 1 aliphatic carbocycles. The molecule has 12 heteroatoms. The molecule has 11 nitrogen and oxygen atoms in total. The molecule has 0 unspecified atom stereocenters. The second-order valence-electron chi connectivity index (χ2n) is 8.46. The maximum absolute atomic E-state index is 12.5. The lowest BCUT2D eigenvalue weighted by molar-refractivity contribution is 0.0943. The van der Waals surface area contributed by atoms with Crippen LogP contribution in [0.4, 0.5) is 11.5 Å². The molecule has 1 aromatic carbocycles. The van der Waals surface area contributed by atoms with Gasteiger partial charge in [0.2, 0.25) is 0 Å². The summed E-state index contributed by atoms with van der Waals surface area (Å²) in [4.78, 5) is 29.3. The molecule has 4 N–H and O–H groups in total. The third-order valence-corrected chi connectivity index (χ3v) is 5.27. The molecule has 0 radical (unpaired) electrons. The monoisotopic (exact) mass is 502 g/mol. The summed E-state index contributed by atoms with van der Waals surface area (Å²) in [6.07, 6.45) is 6.84. The van der Waals surface area contributed by atoms with Crippen LogP contribution < -0.4 is 16.0 Å². The second-order valence-corrected chi connectivity index (χ2v) is 9.93. The Morgan fingerprint density at radius 2 is 1.89 bits per heavy atom. The minimum Gasteiger partial charge on any atom is -0.352 e. The summed E-state index contributed by atoms with van der Waals surface area (Å²) in [5, 5.41) is 13.5. The van der Waals surface area contributed by atoms with Gasteiger partial charge in [0.05, 0.1) is 11.8 Å². The Morgan fingerprint density at radius 3 is 2.51 bits per heavy atom. The summed E-state index contributed by atoms with van der Waals surface area (Å²) in [6, 6.07) is 5.87. The molecule has 0 atom stereocenters. The summed E-state index contributed by atoms with van der Waals surface area (Å²) in [7, 11) is -3.67. The first kappa shape index (κ1) is 26.1. The molecule has 1 aliphatic rings. The van der Waals surface area contributed by atoms with Gasteiger partial charge in [-0.25, -0.2) is 9.50 Å². The molecular weight excluding hydrogens is 472 g/mol. The van der Waals surface area contributed by atoms with Crippen molar-refractivity contribution in [1.82, 2.24) is 25.2 Å². The first-order valence-corrected chi connectivity index (χ1v) is 13.0. The predicted molar refractivity (Wildman–Crippen MR) is 133 cm³/mol. The topological polar surface area (TPSA) is 155 Å². The summed E-state index contributed by atoms with van der Waals surface area (Å²) in [6.45, 7) is 6.49. The van der Waals surface area contributed by atoms with E-state index in [2.05, 4.69) is 26.0 Å². The first-order chi connectivity index (χ1) is 16.5. The van der Waals surface area contributed by atoms with E-state index in [4.69, 9.17) is 4.55 Å². The Balaban J connectivity index is 0.000000623. The van der Waals surface area contributed by atoms with Crippen molar-refractivity contribution in [1.29, 1.82) is 0 Å². The lowest BCUT2D eigenvalue weighted by Gasteiger charge is -2.12. The summed E-state index contributed by atoms with van der Waals surface area (Å²) >= 11 is 0. The van der Waals surface area contributed by atoms with Crippen LogP contribution in [0.25, 0.3) is 5.52 Å². The molecule has 0 saturated heterocycles. The van der Waals surface area contributed by atoms with Crippen molar-refractivity contribution in [3.8, 4) is 0 Å². The van der Waals surface area contributed by atoms with E-state index in [1.807, 2.05) is 39.0 Å². The summed E-state index contributed by atoms with van der Waals surface area (Å²) < 4.78 is 27.5. The number of hydrogen-bond acceptors (Lipinski definition) is 7. The molecule has 4 rings (SSSR count). The van der Waals surface area contributed by atoms with Crippen LogP contribution in [0.5, 0.6) is 0 Å². The van der Waals surface area contributed by atoms with Gasteiger partial charge in [0.25, 0.3) is 21.9 Å². The molecule has 3 aromatic rings. The van der Waals surface area contributed by atoms with Crippen molar-refractivity contribution in [3.63, 3.8) is 0 Å². The van der Waals surface area contributed by atoms with Crippen molar-refractivity contribution in [2.24, 2.45) is 0 Å². The number of nitrogens with one attached hydrogen (secondary N) is 3. The molecule has 0 aliphatic heterocycles. The van der Waals surface area contributed by atoms with E-state index in [9.17, 15) is 18.0 Å². The zero-order valence-electron chi connectivity index (χ0n) is 20.1. The molecule has 1 saturated carbocycles. The lowest BCUT2D eigenvalue weighted by Crippen LogP contribution is -2.25.